The van der Waals surface area contributed by atoms with Crippen LogP contribution in [0, 0.1) is 5.82 Å². The fraction of sp³-hybridized carbons (Fsp3) is 0.125. The van der Waals surface area contributed by atoms with Crippen LogP contribution in [-0.4, -0.2) is 24.5 Å². The van der Waals surface area contributed by atoms with E-state index in [0.29, 0.717) is 11.4 Å². The van der Waals surface area contributed by atoms with Gasteiger partial charge in [0.2, 0.25) is 0 Å². The maximum atomic E-state index is 13.1. The summed E-state index contributed by atoms with van der Waals surface area (Å²) < 4.78 is 18.6. The van der Waals surface area contributed by atoms with E-state index in [0.717, 1.165) is 6.07 Å². The van der Waals surface area contributed by atoms with Gasteiger partial charge in [-0.15, -0.1) is 0 Å². The van der Waals surface area contributed by atoms with E-state index in [1.807, 2.05) is 0 Å². The summed E-state index contributed by atoms with van der Waals surface area (Å²) in [5, 5.41) is 5.27. The lowest BCUT2D eigenvalue weighted by molar-refractivity contribution is -0.123. The Morgan fingerprint density at radius 1 is 1.23 bits per heavy atom. The molecular weight excluding hydrogens is 287 g/mol. The number of ether oxygens (including phenoxy) is 1. The first-order valence-electron chi connectivity index (χ1n) is 6.74. The van der Waals surface area contributed by atoms with E-state index in [1.165, 1.54) is 18.2 Å². The molecule has 1 aliphatic heterocycles. The van der Waals surface area contributed by atoms with E-state index in [2.05, 4.69) is 10.6 Å². The number of hydrogen-bond acceptors (Lipinski definition) is 3. The average Bonchev–Trinajstić information content (AvgIpc) is 2.52. The Morgan fingerprint density at radius 3 is 2.86 bits per heavy atom. The molecule has 1 unspecified atom stereocenters. The molecule has 112 valence electrons. The second-order valence-corrected chi connectivity index (χ2v) is 4.81. The van der Waals surface area contributed by atoms with Crippen molar-refractivity contribution in [3.05, 3.63) is 59.9 Å². The van der Waals surface area contributed by atoms with Crippen molar-refractivity contribution < 1.29 is 18.7 Å². The van der Waals surface area contributed by atoms with E-state index in [4.69, 9.17) is 4.74 Å². The van der Waals surface area contributed by atoms with Crippen LogP contribution in [0.15, 0.2) is 48.5 Å². The topological polar surface area (TPSA) is 67.4 Å². The zero-order chi connectivity index (χ0) is 15.5. The summed E-state index contributed by atoms with van der Waals surface area (Å²) in [6.07, 6.45) is -0.826. The normalized spacial score (nSPS) is 16.2. The molecule has 2 N–H and O–H groups in total. The molecule has 6 heteroatoms. The summed E-state index contributed by atoms with van der Waals surface area (Å²) in [4.78, 5) is 23.8. The number of para-hydroxylation sites is 2. The fourth-order valence-electron chi connectivity index (χ4n) is 2.14. The van der Waals surface area contributed by atoms with Gasteiger partial charge in [0.15, 0.2) is 6.10 Å². The summed E-state index contributed by atoms with van der Waals surface area (Å²) in [6.45, 7) is -0.00445. The number of amides is 2. The van der Waals surface area contributed by atoms with Gasteiger partial charge in [-0.05, 0) is 30.3 Å². The van der Waals surface area contributed by atoms with Crippen molar-refractivity contribution in [3.8, 4) is 5.75 Å². The van der Waals surface area contributed by atoms with Crippen LogP contribution in [0.25, 0.3) is 0 Å². The third kappa shape index (κ3) is 2.90. The maximum Gasteiger partial charge on any atom is 0.267 e. The average molecular weight is 300 g/mol. The molecule has 22 heavy (non-hydrogen) atoms. The number of halogens is 1. The van der Waals surface area contributed by atoms with Crippen LogP contribution in [0.3, 0.4) is 0 Å². The first-order chi connectivity index (χ1) is 10.6. The van der Waals surface area contributed by atoms with Crippen molar-refractivity contribution >= 4 is 17.5 Å². The highest BCUT2D eigenvalue weighted by atomic mass is 19.1. The number of carbonyl (C=O) groups excluding carboxylic acids is 2. The van der Waals surface area contributed by atoms with Crippen LogP contribution < -0.4 is 15.4 Å². The first kappa shape index (κ1) is 14.1. The van der Waals surface area contributed by atoms with Gasteiger partial charge in [-0.3, -0.25) is 9.59 Å². The Morgan fingerprint density at radius 2 is 2.05 bits per heavy atom. The molecule has 0 spiro atoms. The molecule has 1 aliphatic rings. The minimum Gasteiger partial charge on any atom is -0.477 e. The van der Waals surface area contributed by atoms with Crippen molar-refractivity contribution in [2.75, 3.05) is 11.9 Å². The van der Waals surface area contributed by atoms with E-state index in [1.54, 1.807) is 24.3 Å². The van der Waals surface area contributed by atoms with E-state index < -0.39 is 17.8 Å². The molecule has 0 aliphatic carbocycles. The smallest absolute Gasteiger partial charge is 0.267 e. The number of anilines is 1. The molecule has 5 nitrogen and oxygen atoms in total. The SMILES string of the molecule is O=C(NCC1Oc2ccccc2NC1=O)c1cccc(F)c1. The quantitative estimate of drug-likeness (QED) is 0.910. The molecule has 0 fully saturated rings. The predicted octanol–water partition coefficient (Wildman–Crippen LogP) is 1.96. The van der Waals surface area contributed by atoms with Crippen molar-refractivity contribution in [2.24, 2.45) is 0 Å². The Labute approximate surface area is 126 Å². The van der Waals surface area contributed by atoms with Gasteiger partial charge in [0.05, 0.1) is 12.2 Å². The van der Waals surface area contributed by atoms with Crippen molar-refractivity contribution in [1.29, 1.82) is 0 Å². The van der Waals surface area contributed by atoms with Crippen molar-refractivity contribution in [3.63, 3.8) is 0 Å². The lowest BCUT2D eigenvalue weighted by Crippen LogP contribution is -2.45. The zero-order valence-corrected chi connectivity index (χ0v) is 11.5. The van der Waals surface area contributed by atoms with Gasteiger partial charge in [-0.1, -0.05) is 18.2 Å². The summed E-state index contributed by atoms with van der Waals surface area (Å²) in [5.74, 6) is -0.742. The summed E-state index contributed by atoms with van der Waals surface area (Å²) >= 11 is 0. The minimum atomic E-state index is -0.826. The minimum absolute atomic E-state index is 0.00445. The van der Waals surface area contributed by atoms with Gasteiger partial charge in [-0.25, -0.2) is 4.39 Å². The molecule has 3 rings (SSSR count). The van der Waals surface area contributed by atoms with Crippen LogP contribution in [0.4, 0.5) is 10.1 Å². The van der Waals surface area contributed by atoms with Crippen LogP contribution in [0.1, 0.15) is 10.4 Å². The molecule has 0 saturated heterocycles. The molecule has 0 aromatic heterocycles. The van der Waals surface area contributed by atoms with Crippen LogP contribution >= 0.6 is 0 Å². The highest BCUT2D eigenvalue weighted by molar-refractivity contribution is 5.99. The van der Waals surface area contributed by atoms with Gasteiger partial charge in [0, 0.05) is 5.56 Å². The van der Waals surface area contributed by atoms with Crippen LogP contribution in [0.2, 0.25) is 0 Å². The number of carbonyl (C=O) groups is 2. The molecule has 1 heterocycles. The van der Waals surface area contributed by atoms with Gasteiger partial charge < -0.3 is 15.4 Å². The Hall–Kier alpha value is -2.89. The summed E-state index contributed by atoms with van der Waals surface area (Å²) in [7, 11) is 0. The monoisotopic (exact) mass is 300 g/mol. The maximum absolute atomic E-state index is 13.1. The van der Waals surface area contributed by atoms with Crippen LogP contribution in [0.5, 0.6) is 5.75 Å². The molecule has 2 aromatic carbocycles. The lowest BCUT2D eigenvalue weighted by Gasteiger charge is -2.25. The fourth-order valence-corrected chi connectivity index (χ4v) is 2.14. The van der Waals surface area contributed by atoms with E-state index >= 15 is 0 Å². The second kappa shape index (κ2) is 5.85. The number of hydrogen-bond donors (Lipinski definition) is 2. The van der Waals surface area contributed by atoms with Gasteiger partial charge in [-0.2, -0.15) is 0 Å². The molecule has 2 amide bonds. The number of fused-ring (bicyclic) bond motifs is 1. The largest absolute Gasteiger partial charge is 0.477 e. The van der Waals surface area contributed by atoms with Gasteiger partial charge >= 0.3 is 0 Å². The number of rotatable bonds is 3. The number of nitrogens with one attached hydrogen (secondary N) is 2. The third-order valence-electron chi connectivity index (χ3n) is 3.24. The summed E-state index contributed by atoms with van der Waals surface area (Å²) in [6, 6.07) is 12.4. The molecule has 0 bridgehead atoms. The molecule has 2 aromatic rings. The number of benzene rings is 2. The molecule has 1 atom stereocenters. The van der Waals surface area contributed by atoms with Crippen LogP contribution in [-0.2, 0) is 4.79 Å². The Bertz CT molecular complexity index is 733. The van der Waals surface area contributed by atoms with Crippen molar-refractivity contribution in [1.82, 2.24) is 5.32 Å². The van der Waals surface area contributed by atoms with Gasteiger partial charge in [0.1, 0.15) is 11.6 Å². The predicted molar refractivity (Wildman–Crippen MR) is 78.2 cm³/mol. The first-order valence-corrected chi connectivity index (χ1v) is 6.74. The van der Waals surface area contributed by atoms with E-state index in [9.17, 15) is 14.0 Å². The van der Waals surface area contributed by atoms with Gasteiger partial charge in [0.25, 0.3) is 11.8 Å². The van der Waals surface area contributed by atoms with Crippen molar-refractivity contribution in [2.45, 2.75) is 6.10 Å². The Kier molecular flexibility index (Phi) is 3.74. The summed E-state index contributed by atoms with van der Waals surface area (Å²) in [5.41, 5.74) is 0.789. The zero-order valence-electron chi connectivity index (χ0n) is 11.5. The standard InChI is InChI=1S/C16H13FN2O3/c17-11-5-3-4-10(8-11)15(20)18-9-14-16(21)19-12-6-1-2-7-13(12)22-14/h1-8,14H,9H2,(H,18,20)(H,19,21). The highest BCUT2D eigenvalue weighted by Gasteiger charge is 2.27. The molecular formula is C16H13FN2O3. The third-order valence-corrected chi connectivity index (χ3v) is 3.24. The Balaban J connectivity index is 1.65. The lowest BCUT2D eigenvalue weighted by atomic mass is 10.2. The highest BCUT2D eigenvalue weighted by Crippen LogP contribution is 2.28. The second-order valence-electron chi connectivity index (χ2n) is 4.81. The molecule has 0 saturated carbocycles. The van der Waals surface area contributed by atoms with E-state index in [-0.39, 0.29) is 18.0 Å². The molecule has 0 radical (unpaired) electrons.